The SMILES string of the molecule is C#CC(C)(O)C12CC3CC(CC(C3)C1)C2.Cc1c(C)c(C)c2c(c1C)C=CC(C)(C13CC4CC(CC(C4)C1)C3)O2. The number of ether oxygens (including phenoxy) is 1. The first-order chi connectivity index (χ1) is 18.9. The van der Waals surface area contributed by atoms with Crippen molar-refractivity contribution in [3.8, 4) is 18.1 Å². The summed E-state index contributed by atoms with van der Waals surface area (Å²) in [6.45, 7) is 13.3. The normalized spacial score (nSPS) is 44.8. The maximum atomic E-state index is 10.5. The van der Waals surface area contributed by atoms with Crippen LogP contribution in [0.2, 0.25) is 0 Å². The van der Waals surface area contributed by atoms with E-state index in [0.29, 0.717) is 5.41 Å². The Balaban J connectivity index is 0.000000150. The second-order valence-electron chi connectivity index (χ2n) is 16.4. The second kappa shape index (κ2) is 8.89. The Hall–Kier alpha value is -1.72. The lowest BCUT2D eigenvalue weighted by Gasteiger charge is -2.62. The van der Waals surface area contributed by atoms with Gasteiger partial charge in [0.1, 0.15) is 17.0 Å². The van der Waals surface area contributed by atoms with Crippen molar-refractivity contribution in [2.45, 2.75) is 130 Å². The topological polar surface area (TPSA) is 29.5 Å². The summed E-state index contributed by atoms with van der Waals surface area (Å²) in [4.78, 5) is 0. The molecular weight excluding hydrogens is 488 g/mol. The van der Waals surface area contributed by atoms with Gasteiger partial charge in [0.2, 0.25) is 0 Å². The highest BCUT2D eigenvalue weighted by atomic mass is 16.5. The lowest BCUT2D eigenvalue weighted by molar-refractivity contribution is -0.143. The Morgan fingerprint density at radius 2 is 1.18 bits per heavy atom. The van der Waals surface area contributed by atoms with Gasteiger partial charge in [-0.05, 0) is 182 Å². The molecule has 1 heterocycles. The molecule has 1 aromatic carbocycles. The molecule has 40 heavy (non-hydrogen) atoms. The molecule has 10 rings (SSSR count). The van der Waals surface area contributed by atoms with E-state index in [1.165, 1.54) is 111 Å². The lowest BCUT2D eigenvalue weighted by Crippen LogP contribution is -2.59. The van der Waals surface area contributed by atoms with Crippen LogP contribution in [-0.2, 0) is 0 Å². The number of aliphatic hydroxyl groups is 1. The first-order valence-corrected chi connectivity index (χ1v) is 16.6. The zero-order valence-electron chi connectivity index (χ0n) is 26.0. The molecule has 0 aromatic heterocycles. The van der Waals surface area contributed by atoms with E-state index in [9.17, 15) is 5.11 Å². The molecule has 2 atom stereocenters. The van der Waals surface area contributed by atoms with Crippen molar-refractivity contribution >= 4 is 6.08 Å². The maximum Gasteiger partial charge on any atom is 0.131 e. The summed E-state index contributed by atoms with van der Waals surface area (Å²) in [7, 11) is 0. The second-order valence-corrected chi connectivity index (χ2v) is 16.4. The highest BCUT2D eigenvalue weighted by Crippen LogP contribution is 2.66. The van der Waals surface area contributed by atoms with Crippen LogP contribution < -0.4 is 4.74 Å². The zero-order chi connectivity index (χ0) is 28.2. The Morgan fingerprint density at radius 1 is 0.750 bits per heavy atom. The largest absolute Gasteiger partial charge is 0.482 e. The molecule has 8 saturated carbocycles. The van der Waals surface area contributed by atoms with Crippen molar-refractivity contribution in [3.05, 3.63) is 33.9 Å². The minimum atomic E-state index is -0.872. The third-order valence-corrected chi connectivity index (χ3v) is 14.0. The first-order valence-electron chi connectivity index (χ1n) is 16.6. The van der Waals surface area contributed by atoms with E-state index in [-0.39, 0.29) is 11.0 Å². The van der Waals surface area contributed by atoms with E-state index in [1.807, 2.05) is 6.92 Å². The molecule has 0 spiro atoms. The van der Waals surface area contributed by atoms with Gasteiger partial charge in [-0.2, -0.15) is 0 Å². The van der Waals surface area contributed by atoms with Gasteiger partial charge >= 0.3 is 0 Å². The fourth-order valence-corrected chi connectivity index (χ4v) is 12.0. The number of fused-ring (bicyclic) bond motifs is 1. The molecule has 2 nitrogen and oxygen atoms in total. The fourth-order valence-electron chi connectivity index (χ4n) is 12.0. The fraction of sp³-hybridized carbons (Fsp3) is 0.737. The standard InChI is InChI=1S/C24H32O.C14H20O/c1-14-15(2)17(4)22-21(16(14)3)6-7-23(5,25-22)24-11-18-8-19(12-24)10-20(9-18)13-24;1-3-13(2,15)14-7-10-4-11(8-14)6-12(5-10)9-14/h6-7,18-20H,8-13H2,1-5H3;1,10-12,15H,4-9H2,2H3. The predicted molar refractivity (Wildman–Crippen MR) is 164 cm³/mol. The van der Waals surface area contributed by atoms with Crippen LogP contribution in [0.4, 0.5) is 0 Å². The van der Waals surface area contributed by atoms with Crippen molar-refractivity contribution in [2.75, 3.05) is 0 Å². The number of hydrogen-bond donors (Lipinski definition) is 1. The highest BCUT2D eigenvalue weighted by molar-refractivity contribution is 5.70. The van der Waals surface area contributed by atoms with E-state index in [4.69, 9.17) is 11.2 Å². The summed E-state index contributed by atoms with van der Waals surface area (Å²) in [6.07, 6.45) is 26.7. The van der Waals surface area contributed by atoms with Crippen LogP contribution in [0.15, 0.2) is 6.08 Å². The Labute approximate surface area is 243 Å². The molecule has 0 amide bonds. The van der Waals surface area contributed by atoms with Crippen LogP contribution in [0.1, 0.15) is 119 Å². The van der Waals surface area contributed by atoms with Gasteiger partial charge in [-0.1, -0.05) is 12.0 Å². The molecule has 216 valence electrons. The van der Waals surface area contributed by atoms with Gasteiger partial charge in [-0.15, -0.1) is 6.42 Å². The van der Waals surface area contributed by atoms with Gasteiger partial charge in [-0.3, -0.25) is 0 Å². The van der Waals surface area contributed by atoms with Crippen LogP contribution in [0.5, 0.6) is 5.75 Å². The monoisotopic (exact) mass is 540 g/mol. The molecule has 1 N–H and O–H groups in total. The van der Waals surface area contributed by atoms with E-state index in [0.717, 1.165) is 35.5 Å². The van der Waals surface area contributed by atoms with Crippen LogP contribution >= 0.6 is 0 Å². The lowest BCUT2D eigenvalue weighted by atomic mass is 9.45. The Morgan fingerprint density at radius 3 is 1.62 bits per heavy atom. The molecule has 8 fully saturated rings. The smallest absolute Gasteiger partial charge is 0.131 e. The molecule has 0 radical (unpaired) electrons. The van der Waals surface area contributed by atoms with Crippen molar-refractivity contribution < 1.29 is 9.84 Å². The molecule has 1 aromatic rings. The molecule has 9 aliphatic rings. The molecule has 8 bridgehead atoms. The maximum absolute atomic E-state index is 10.5. The summed E-state index contributed by atoms with van der Waals surface area (Å²) in [5.41, 5.74) is 6.31. The zero-order valence-corrected chi connectivity index (χ0v) is 26.0. The van der Waals surface area contributed by atoms with Gasteiger partial charge in [0.15, 0.2) is 0 Å². The summed E-state index contributed by atoms with van der Waals surface area (Å²) in [5.74, 6) is 9.28. The Kier molecular flexibility index (Phi) is 6.03. The molecule has 8 aliphatic carbocycles. The van der Waals surface area contributed by atoms with Gasteiger partial charge in [-0.25, -0.2) is 0 Å². The quantitative estimate of drug-likeness (QED) is 0.380. The van der Waals surface area contributed by atoms with Gasteiger partial charge in [0.05, 0.1) is 0 Å². The molecule has 2 unspecified atom stereocenters. The number of hydrogen-bond acceptors (Lipinski definition) is 2. The van der Waals surface area contributed by atoms with Crippen molar-refractivity contribution in [2.24, 2.45) is 46.3 Å². The molecule has 0 saturated heterocycles. The minimum absolute atomic E-state index is 0.0660. The molecular formula is C38H52O2. The van der Waals surface area contributed by atoms with E-state index < -0.39 is 5.60 Å². The van der Waals surface area contributed by atoms with Crippen LogP contribution in [0.3, 0.4) is 0 Å². The number of rotatable bonds is 2. The predicted octanol–water partition coefficient (Wildman–Crippen LogP) is 8.89. The molecule has 1 aliphatic heterocycles. The van der Waals surface area contributed by atoms with Crippen molar-refractivity contribution in [1.82, 2.24) is 0 Å². The van der Waals surface area contributed by atoms with Crippen LogP contribution in [0.25, 0.3) is 6.08 Å². The average Bonchev–Trinajstić information content (AvgIpc) is 2.89. The van der Waals surface area contributed by atoms with Crippen molar-refractivity contribution in [1.29, 1.82) is 0 Å². The van der Waals surface area contributed by atoms with E-state index in [2.05, 4.69) is 52.7 Å². The van der Waals surface area contributed by atoms with Gasteiger partial charge < -0.3 is 9.84 Å². The van der Waals surface area contributed by atoms with E-state index in [1.54, 1.807) is 0 Å². The summed E-state index contributed by atoms with van der Waals surface area (Å²) < 4.78 is 6.96. The van der Waals surface area contributed by atoms with Gasteiger partial charge in [0, 0.05) is 16.4 Å². The minimum Gasteiger partial charge on any atom is -0.482 e. The highest BCUT2D eigenvalue weighted by Gasteiger charge is 2.60. The first kappa shape index (κ1) is 27.1. The third-order valence-electron chi connectivity index (χ3n) is 14.0. The summed E-state index contributed by atoms with van der Waals surface area (Å²) in [6, 6.07) is 0. The van der Waals surface area contributed by atoms with E-state index >= 15 is 0 Å². The number of terminal acetylenes is 1. The van der Waals surface area contributed by atoms with Crippen LogP contribution in [-0.4, -0.2) is 16.3 Å². The van der Waals surface area contributed by atoms with Crippen LogP contribution in [0, 0.1) is 86.4 Å². The average molecular weight is 541 g/mol. The van der Waals surface area contributed by atoms with Gasteiger partial charge in [0.25, 0.3) is 0 Å². The third kappa shape index (κ3) is 3.85. The van der Waals surface area contributed by atoms with Crippen molar-refractivity contribution in [3.63, 3.8) is 0 Å². The summed E-state index contributed by atoms with van der Waals surface area (Å²) >= 11 is 0. The molecule has 2 heteroatoms. The Bertz CT molecular complexity index is 1220. The number of benzene rings is 1. The summed E-state index contributed by atoms with van der Waals surface area (Å²) in [5, 5.41) is 10.5.